The fourth-order valence-electron chi connectivity index (χ4n) is 3.35. The summed E-state index contributed by atoms with van der Waals surface area (Å²) in [6.07, 6.45) is 7.39. The Morgan fingerprint density at radius 3 is 3.05 bits per heavy atom. The molecule has 1 aliphatic heterocycles. The van der Waals surface area contributed by atoms with Crippen LogP contribution in [0.2, 0.25) is 0 Å². The number of nitrogens with one attached hydrogen (secondary N) is 1. The molecule has 0 spiro atoms. The Balaban J connectivity index is 1.83. The van der Waals surface area contributed by atoms with Gasteiger partial charge in [0, 0.05) is 23.9 Å². The van der Waals surface area contributed by atoms with Crippen molar-refractivity contribution in [3.8, 4) is 0 Å². The fourth-order valence-corrected chi connectivity index (χ4v) is 4.67. The van der Waals surface area contributed by atoms with Gasteiger partial charge in [-0.3, -0.25) is 0 Å². The van der Waals surface area contributed by atoms with Crippen molar-refractivity contribution < 1.29 is 4.74 Å². The van der Waals surface area contributed by atoms with E-state index >= 15 is 0 Å². The minimum Gasteiger partial charge on any atom is -0.368 e. The van der Waals surface area contributed by atoms with Gasteiger partial charge in [-0.2, -0.15) is 0 Å². The van der Waals surface area contributed by atoms with Crippen LogP contribution in [0.15, 0.2) is 0 Å². The summed E-state index contributed by atoms with van der Waals surface area (Å²) in [7, 11) is 0. The van der Waals surface area contributed by atoms with Crippen LogP contribution in [0.25, 0.3) is 0 Å². The molecule has 1 aliphatic carbocycles. The van der Waals surface area contributed by atoms with Gasteiger partial charge in [-0.1, -0.05) is 6.92 Å². The number of aromatic nitrogens is 1. The Labute approximate surface area is 126 Å². The lowest BCUT2D eigenvalue weighted by molar-refractivity contribution is -0.0703. The number of likely N-dealkylation sites (N-methyl/N-ethyl adjacent to an activating group) is 1. The van der Waals surface area contributed by atoms with Crippen molar-refractivity contribution in [2.24, 2.45) is 0 Å². The number of fused-ring (bicyclic) bond motifs is 1. The van der Waals surface area contributed by atoms with Crippen molar-refractivity contribution >= 4 is 11.3 Å². The monoisotopic (exact) mass is 294 g/mol. The molecule has 0 amide bonds. The second kappa shape index (κ2) is 6.12. The third-order valence-corrected chi connectivity index (χ3v) is 6.01. The minimum absolute atomic E-state index is 0.122. The standard InChI is InChI=1S/C16H26N2OS/c1-3-17-11-12-7-6-8-13-14(12)18-15(20-13)16(2)9-4-5-10-19-16/h12,17H,3-11H2,1-2H3. The molecule has 4 heteroatoms. The summed E-state index contributed by atoms with van der Waals surface area (Å²) in [6.45, 7) is 7.42. The Kier molecular flexibility index (Phi) is 4.43. The molecule has 2 heterocycles. The second-order valence-electron chi connectivity index (χ2n) is 6.26. The molecule has 0 saturated carbocycles. The highest BCUT2D eigenvalue weighted by atomic mass is 32.1. The maximum atomic E-state index is 6.08. The molecule has 0 bridgehead atoms. The molecule has 20 heavy (non-hydrogen) atoms. The van der Waals surface area contributed by atoms with E-state index in [4.69, 9.17) is 9.72 Å². The van der Waals surface area contributed by atoms with Gasteiger partial charge in [0.05, 0.1) is 5.69 Å². The molecule has 112 valence electrons. The third-order valence-electron chi connectivity index (χ3n) is 4.63. The van der Waals surface area contributed by atoms with Gasteiger partial charge < -0.3 is 10.1 Å². The molecule has 2 atom stereocenters. The van der Waals surface area contributed by atoms with Crippen LogP contribution in [0, 0.1) is 0 Å². The zero-order valence-electron chi connectivity index (χ0n) is 12.7. The largest absolute Gasteiger partial charge is 0.368 e. The van der Waals surface area contributed by atoms with E-state index in [0.717, 1.165) is 26.1 Å². The number of rotatable bonds is 4. The van der Waals surface area contributed by atoms with E-state index in [1.807, 2.05) is 11.3 Å². The first-order valence-electron chi connectivity index (χ1n) is 8.07. The highest BCUT2D eigenvalue weighted by Gasteiger charge is 2.35. The van der Waals surface area contributed by atoms with Gasteiger partial charge in [0.25, 0.3) is 0 Å². The summed E-state index contributed by atoms with van der Waals surface area (Å²) in [5, 5.41) is 4.72. The van der Waals surface area contributed by atoms with Crippen molar-refractivity contribution in [1.82, 2.24) is 10.3 Å². The van der Waals surface area contributed by atoms with E-state index < -0.39 is 0 Å². The number of nitrogens with zero attached hydrogens (tertiary/aromatic N) is 1. The van der Waals surface area contributed by atoms with E-state index in [9.17, 15) is 0 Å². The number of thiazole rings is 1. The maximum Gasteiger partial charge on any atom is 0.125 e. The highest BCUT2D eigenvalue weighted by molar-refractivity contribution is 7.11. The van der Waals surface area contributed by atoms with Crippen LogP contribution >= 0.6 is 11.3 Å². The molecular formula is C16H26N2OS. The highest BCUT2D eigenvalue weighted by Crippen LogP contribution is 2.42. The normalized spacial score (nSPS) is 30.2. The fraction of sp³-hybridized carbons (Fsp3) is 0.812. The number of ether oxygens (including phenoxy) is 1. The number of hydrogen-bond acceptors (Lipinski definition) is 4. The second-order valence-corrected chi connectivity index (χ2v) is 7.34. The summed E-state index contributed by atoms with van der Waals surface area (Å²) >= 11 is 1.91. The van der Waals surface area contributed by atoms with Crippen LogP contribution in [0.1, 0.15) is 67.4 Å². The first kappa shape index (κ1) is 14.5. The van der Waals surface area contributed by atoms with Crippen molar-refractivity contribution in [3.05, 3.63) is 15.6 Å². The van der Waals surface area contributed by atoms with Gasteiger partial charge in [0.2, 0.25) is 0 Å². The quantitative estimate of drug-likeness (QED) is 0.921. The van der Waals surface area contributed by atoms with Crippen LogP contribution in [0.4, 0.5) is 0 Å². The molecule has 0 aromatic carbocycles. The predicted molar refractivity (Wildman–Crippen MR) is 83.5 cm³/mol. The van der Waals surface area contributed by atoms with Crippen LogP contribution in [-0.2, 0) is 16.8 Å². The molecule has 3 nitrogen and oxygen atoms in total. The molecule has 1 aromatic rings. The molecule has 1 fully saturated rings. The van der Waals surface area contributed by atoms with Crippen molar-refractivity contribution in [2.75, 3.05) is 19.7 Å². The third kappa shape index (κ3) is 2.78. The summed E-state index contributed by atoms with van der Waals surface area (Å²) in [5.41, 5.74) is 1.25. The average Bonchev–Trinajstić information content (AvgIpc) is 2.91. The molecule has 2 aliphatic rings. The molecule has 1 saturated heterocycles. The summed E-state index contributed by atoms with van der Waals surface area (Å²) in [4.78, 5) is 6.55. The smallest absolute Gasteiger partial charge is 0.125 e. The lowest BCUT2D eigenvalue weighted by atomic mass is 9.90. The molecule has 1 N–H and O–H groups in total. The van der Waals surface area contributed by atoms with E-state index in [1.54, 1.807) is 0 Å². The van der Waals surface area contributed by atoms with Crippen LogP contribution in [0.3, 0.4) is 0 Å². The molecule has 3 rings (SSSR count). The summed E-state index contributed by atoms with van der Waals surface area (Å²) in [5.74, 6) is 0.607. The Morgan fingerprint density at radius 1 is 1.40 bits per heavy atom. The number of aryl methyl sites for hydroxylation is 1. The van der Waals surface area contributed by atoms with Gasteiger partial charge >= 0.3 is 0 Å². The van der Waals surface area contributed by atoms with E-state index in [0.29, 0.717) is 5.92 Å². The minimum atomic E-state index is -0.122. The van der Waals surface area contributed by atoms with Crippen LogP contribution in [0.5, 0.6) is 0 Å². The Bertz CT molecular complexity index is 451. The van der Waals surface area contributed by atoms with Crippen molar-refractivity contribution in [2.45, 2.75) is 63.9 Å². The maximum absolute atomic E-state index is 6.08. The van der Waals surface area contributed by atoms with Crippen LogP contribution in [-0.4, -0.2) is 24.7 Å². The van der Waals surface area contributed by atoms with E-state index in [-0.39, 0.29) is 5.60 Å². The number of hydrogen-bond donors (Lipinski definition) is 1. The van der Waals surface area contributed by atoms with Gasteiger partial charge in [0.15, 0.2) is 0 Å². The SMILES string of the molecule is CCNCC1CCCc2sc(C3(C)CCCCO3)nc21. The first-order valence-corrected chi connectivity index (χ1v) is 8.89. The zero-order chi connectivity index (χ0) is 14.0. The molecular weight excluding hydrogens is 268 g/mol. The van der Waals surface area contributed by atoms with E-state index in [2.05, 4.69) is 19.2 Å². The zero-order valence-corrected chi connectivity index (χ0v) is 13.5. The summed E-state index contributed by atoms with van der Waals surface area (Å²) < 4.78 is 6.08. The van der Waals surface area contributed by atoms with E-state index in [1.165, 1.54) is 47.7 Å². The van der Waals surface area contributed by atoms with Gasteiger partial charge in [-0.15, -0.1) is 11.3 Å². The molecule has 0 radical (unpaired) electrons. The Morgan fingerprint density at radius 2 is 2.30 bits per heavy atom. The lowest BCUT2D eigenvalue weighted by Gasteiger charge is -2.31. The summed E-state index contributed by atoms with van der Waals surface area (Å²) in [6, 6.07) is 0. The van der Waals surface area contributed by atoms with Crippen molar-refractivity contribution in [3.63, 3.8) is 0 Å². The van der Waals surface area contributed by atoms with Crippen LogP contribution < -0.4 is 5.32 Å². The lowest BCUT2D eigenvalue weighted by Crippen LogP contribution is -2.30. The Hall–Kier alpha value is -0.450. The molecule has 1 aromatic heterocycles. The van der Waals surface area contributed by atoms with Gasteiger partial charge in [0.1, 0.15) is 10.6 Å². The van der Waals surface area contributed by atoms with Crippen molar-refractivity contribution in [1.29, 1.82) is 0 Å². The van der Waals surface area contributed by atoms with Gasteiger partial charge in [-0.05, 0) is 52.0 Å². The average molecular weight is 294 g/mol. The predicted octanol–water partition coefficient (Wildman–Crippen LogP) is 3.59. The topological polar surface area (TPSA) is 34.1 Å². The van der Waals surface area contributed by atoms with Gasteiger partial charge in [-0.25, -0.2) is 4.98 Å². The first-order chi connectivity index (χ1) is 9.73. The molecule has 2 unspecified atom stereocenters.